The van der Waals surface area contributed by atoms with Gasteiger partial charge in [0.15, 0.2) is 0 Å². The molecule has 1 heterocycles. The molecule has 11 heteroatoms. The van der Waals surface area contributed by atoms with Gasteiger partial charge in [0.25, 0.3) is 0 Å². The van der Waals surface area contributed by atoms with Gasteiger partial charge in [0.05, 0.1) is 43.8 Å². The number of nitrogens with one attached hydrogen (secondary N) is 1. The highest BCUT2D eigenvalue weighted by molar-refractivity contribution is 7.88. The van der Waals surface area contributed by atoms with Crippen molar-refractivity contribution in [3.63, 3.8) is 0 Å². The van der Waals surface area contributed by atoms with E-state index in [1.807, 2.05) is 0 Å². The molecule has 2 rings (SSSR count). The normalized spacial score (nSPS) is 15.7. The van der Waals surface area contributed by atoms with Crippen LogP contribution >= 0.6 is 0 Å². The second-order valence-electron chi connectivity index (χ2n) is 6.23. The smallest absolute Gasteiger partial charge is 0.339 e. The topological polar surface area (TPSA) is 122 Å². The molecule has 1 saturated heterocycles. The van der Waals surface area contributed by atoms with Gasteiger partial charge in [-0.05, 0) is 18.2 Å². The van der Waals surface area contributed by atoms with Gasteiger partial charge in [0.1, 0.15) is 0 Å². The Morgan fingerprint density at radius 2 is 1.64 bits per heavy atom. The number of nitrogens with zero attached hydrogens (tertiary/aromatic N) is 2. The van der Waals surface area contributed by atoms with E-state index >= 15 is 0 Å². The molecular weight excluding hydrogens is 390 g/mol. The molecule has 0 aliphatic carbocycles. The highest BCUT2D eigenvalue weighted by Gasteiger charge is 2.25. The first kappa shape index (κ1) is 21.8. The van der Waals surface area contributed by atoms with Crippen LogP contribution in [0.5, 0.6) is 0 Å². The van der Waals surface area contributed by atoms with Crippen LogP contribution in [0.4, 0.5) is 5.69 Å². The van der Waals surface area contributed by atoms with Gasteiger partial charge in [0, 0.05) is 26.2 Å². The summed E-state index contributed by atoms with van der Waals surface area (Å²) in [7, 11) is -0.810. The quantitative estimate of drug-likeness (QED) is 0.635. The van der Waals surface area contributed by atoms with E-state index in [0.29, 0.717) is 26.2 Å². The summed E-state index contributed by atoms with van der Waals surface area (Å²) in [6.45, 7) is 1.44. The molecule has 0 atom stereocenters. The largest absolute Gasteiger partial charge is 0.465 e. The zero-order chi connectivity index (χ0) is 20.9. The molecule has 1 N–H and O–H groups in total. The number of rotatable bonds is 6. The Kier molecular flexibility index (Phi) is 7.11. The molecule has 1 aliphatic heterocycles. The fourth-order valence-electron chi connectivity index (χ4n) is 2.79. The lowest BCUT2D eigenvalue weighted by Gasteiger charge is -2.32. The average Bonchev–Trinajstić information content (AvgIpc) is 2.66. The standard InChI is InChI=1S/C17H23N3O7S/c1-26-16(22)12-4-5-13(17(23)27-2)14(10-12)18-15(21)11-19-6-8-20(9-7-19)28(3,24)25/h4-5,10H,6-9,11H2,1-3H3,(H,18,21). The Labute approximate surface area is 163 Å². The minimum Gasteiger partial charge on any atom is -0.465 e. The van der Waals surface area contributed by atoms with Crippen molar-refractivity contribution >= 4 is 33.6 Å². The molecule has 1 aromatic rings. The molecule has 0 bridgehead atoms. The summed E-state index contributed by atoms with van der Waals surface area (Å²) in [6, 6.07) is 4.12. The Bertz CT molecular complexity index is 862. The summed E-state index contributed by atoms with van der Waals surface area (Å²) >= 11 is 0. The second-order valence-corrected chi connectivity index (χ2v) is 8.21. The van der Waals surface area contributed by atoms with E-state index in [4.69, 9.17) is 4.74 Å². The molecule has 1 aromatic carbocycles. The molecular formula is C17H23N3O7S. The van der Waals surface area contributed by atoms with Crippen molar-refractivity contribution < 1.29 is 32.3 Å². The Morgan fingerprint density at radius 1 is 1.04 bits per heavy atom. The third-order valence-corrected chi connectivity index (χ3v) is 5.59. The van der Waals surface area contributed by atoms with Crippen LogP contribution in [0.1, 0.15) is 20.7 Å². The maximum Gasteiger partial charge on any atom is 0.339 e. The van der Waals surface area contributed by atoms with Gasteiger partial charge in [-0.2, -0.15) is 4.31 Å². The van der Waals surface area contributed by atoms with Crippen LogP contribution in [0.2, 0.25) is 0 Å². The number of piperazine rings is 1. The van der Waals surface area contributed by atoms with E-state index < -0.39 is 27.9 Å². The number of benzene rings is 1. The lowest BCUT2D eigenvalue weighted by molar-refractivity contribution is -0.117. The van der Waals surface area contributed by atoms with Crippen LogP contribution in [0, 0.1) is 0 Å². The molecule has 10 nitrogen and oxygen atoms in total. The average molecular weight is 413 g/mol. The van der Waals surface area contributed by atoms with Crippen LogP contribution in [-0.4, -0.2) is 88.7 Å². The molecule has 1 aliphatic rings. The fourth-order valence-corrected chi connectivity index (χ4v) is 3.62. The van der Waals surface area contributed by atoms with E-state index in [1.54, 1.807) is 4.90 Å². The SMILES string of the molecule is COC(=O)c1ccc(C(=O)OC)c(NC(=O)CN2CCN(S(C)(=O)=O)CC2)c1. The van der Waals surface area contributed by atoms with E-state index in [2.05, 4.69) is 10.1 Å². The number of hydrogen-bond acceptors (Lipinski definition) is 8. The number of anilines is 1. The summed E-state index contributed by atoms with van der Waals surface area (Å²) in [6.07, 6.45) is 1.15. The molecule has 28 heavy (non-hydrogen) atoms. The first-order valence-electron chi connectivity index (χ1n) is 8.43. The minimum absolute atomic E-state index is 0.0145. The summed E-state index contributed by atoms with van der Waals surface area (Å²) in [5.41, 5.74) is 0.409. The predicted molar refractivity (Wildman–Crippen MR) is 101 cm³/mol. The van der Waals surface area contributed by atoms with Crippen molar-refractivity contribution in [3.8, 4) is 0 Å². The fraction of sp³-hybridized carbons (Fsp3) is 0.471. The van der Waals surface area contributed by atoms with Gasteiger partial charge >= 0.3 is 11.9 Å². The van der Waals surface area contributed by atoms with Crippen LogP contribution in [0.3, 0.4) is 0 Å². The number of ether oxygens (including phenoxy) is 2. The Hall–Kier alpha value is -2.50. The summed E-state index contributed by atoms with van der Waals surface area (Å²) in [4.78, 5) is 37.9. The van der Waals surface area contributed by atoms with Crippen LogP contribution in [-0.2, 0) is 24.3 Å². The van der Waals surface area contributed by atoms with Gasteiger partial charge in [-0.15, -0.1) is 0 Å². The first-order chi connectivity index (χ1) is 13.2. The van der Waals surface area contributed by atoms with Gasteiger partial charge in [-0.25, -0.2) is 18.0 Å². The van der Waals surface area contributed by atoms with Crippen LogP contribution in [0.15, 0.2) is 18.2 Å². The van der Waals surface area contributed by atoms with Crippen LogP contribution < -0.4 is 5.32 Å². The van der Waals surface area contributed by atoms with Crippen molar-refractivity contribution in [1.29, 1.82) is 0 Å². The van der Waals surface area contributed by atoms with E-state index in [9.17, 15) is 22.8 Å². The number of carbonyl (C=O) groups excluding carboxylic acids is 3. The van der Waals surface area contributed by atoms with Gasteiger partial charge in [-0.3, -0.25) is 9.69 Å². The maximum absolute atomic E-state index is 12.4. The predicted octanol–water partition coefficient (Wildman–Crippen LogP) is -0.224. The second kappa shape index (κ2) is 9.13. The molecule has 1 fully saturated rings. The molecule has 0 aromatic heterocycles. The number of sulfonamides is 1. The van der Waals surface area contributed by atoms with Crippen molar-refractivity contribution in [2.24, 2.45) is 0 Å². The number of amides is 1. The van der Waals surface area contributed by atoms with Crippen molar-refractivity contribution in [1.82, 2.24) is 9.21 Å². The van der Waals surface area contributed by atoms with E-state index in [1.165, 1.54) is 36.7 Å². The number of methoxy groups -OCH3 is 2. The minimum atomic E-state index is -3.25. The summed E-state index contributed by atoms with van der Waals surface area (Å²) < 4.78 is 33.8. The number of esters is 2. The molecule has 0 unspecified atom stereocenters. The zero-order valence-corrected chi connectivity index (χ0v) is 16.7. The molecule has 1 amide bonds. The molecule has 0 radical (unpaired) electrons. The van der Waals surface area contributed by atoms with Crippen molar-refractivity contribution in [2.75, 3.05) is 58.5 Å². The van der Waals surface area contributed by atoms with Gasteiger partial charge < -0.3 is 14.8 Å². The van der Waals surface area contributed by atoms with Gasteiger partial charge in [-0.1, -0.05) is 0 Å². The molecule has 154 valence electrons. The first-order valence-corrected chi connectivity index (χ1v) is 10.3. The van der Waals surface area contributed by atoms with E-state index in [0.717, 1.165) is 6.26 Å². The van der Waals surface area contributed by atoms with E-state index in [-0.39, 0.29) is 23.4 Å². The van der Waals surface area contributed by atoms with Gasteiger partial charge in [0.2, 0.25) is 15.9 Å². The monoisotopic (exact) mass is 413 g/mol. The number of carbonyl (C=O) groups is 3. The number of hydrogen-bond donors (Lipinski definition) is 1. The maximum atomic E-state index is 12.4. The molecule has 0 spiro atoms. The van der Waals surface area contributed by atoms with Crippen molar-refractivity contribution in [3.05, 3.63) is 29.3 Å². The highest BCUT2D eigenvalue weighted by atomic mass is 32.2. The lowest BCUT2D eigenvalue weighted by atomic mass is 10.1. The van der Waals surface area contributed by atoms with Crippen molar-refractivity contribution in [2.45, 2.75) is 0 Å². The zero-order valence-electron chi connectivity index (χ0n) is 15.9. The highest BCUT2D eigenvalue weighted by Crippen LogP contribution is 2.20. The Balaban J connectivity index is 2.08. The summed E-state index contributed by atoms with van der Waals surface area (Å²) in [5, 5.41) is 2.61. The third kappa shape index (κ3) is 5.50. The van der Waals surface area contributed by atoms with Crippen LogP contribution in [0.25, 0.3) is 0 Å². The lowest BCUT2D eigenvalue weighted by Crippen LogP contribution is -2.50. The third-order valence-electron chi connectivity index (χ3n) is 4.29. The molecule has 0 saturated carbocycles. The Morgan fingerprint density at radius 3 is 2.18 bits per heavy atom. The summed E-state index contributed by atoms with van der Waals surface area (Å²) in [5.74, 6) is -1.67.